The van der Waals surface area contributed by atoms with Crippen LogP contribution in [0.15, 0.2) is 48.3 Å². The Morgan fingerprint density at radius 2 is 2.03 bits per heavy atom. The SMILES string of the molecule is CC=Cc1nc(Nc2ccc(C(=O)NC3=CC=CCC3)cn2)nc(N2CCN(CCO)CC2)n1. The van der Waals surface area contributed by atoms with E-state index < -0.39 is 0 Å². The molecular formula is C24H30N8O2. The van der Waals surface area contributed by atoms with Crippen LogP contribution in [0.25, 0.3) is 6.08 Å². The van der Waals surface area contributed by atoms with Gasteiger partial charge in [-0.05, 0) is 44.1 Å². The lowest BCUT2D eigenvalue weighted by Gasteiger charge is -2.34. The van der Waals surface area contributed by atoms with Crippen molar-refractivity contribution in [2.75, 3.05) is 49.5 Å². The van der Waals surface area contributed by atoms with Gasteiger partial charge in [-0.2, -0.15) is 15.0 Å². The maximum atomic E-state index is 12.5. The van der Waals surface area contributed by atoms with Crippen LogP contribution in [0.3, 0.4) is 0 Å². The quantitative estimate of drug-likeness (QED) is 0.542. The van der Waals surface area contributed by atoms with Crippen LogP contribution in [-0.4, -0.2) is 75.2 Å². The minimum Gasteiger partial charge on any atom is -0.395 e. The van der Waals surface area contributed by atoms with Crippen molar-refractivity contribution in [2.45, 2.75) is 19.8 Å². The summed E-state index contributed by atoms with van der Waals surface area (Å²) in [6, 6.07) is 3.45. The van der Waals surface area contributed by atoms with Gasteiger partial charge in [0.1, 0.15) is 5.82 Å². The van der Waals surface area contributed by atoms with Gasteiger partial charge in [-0.15, -0.1) is 0 Å². The van der Waals surface area contributed by atoms with Gasteiger partial charge in [-0.1, -0.05) is 18.2 Å². The van der Waals surface area contributed by atoms with Crippen molar-refractivity contribution >= 4 is 29.7 Å². The first-order valence-electron chi connectivity index (χ1n) is 11.5. The van der Waals surface area contributed by atoms with Gasteiger partial charge in [0, 0.05) is 44.6 Å². The van der Waals surface area contributed by atoms with E-state index in [0.29, 0.717) is 35.6 Å². The van der Waals surface area contributed by atoms with Crippen molar-refractivity contribution in [3.05, 3.63) is 59.7 Å². The molecule has 1 amide bonds. The molecule has 0 atom stereocenters. The van der Waals surface area contributed by atoms with Gasteiger partial charge in [0.2, 0.25) is 11.9 Å². The molecular weight excluding hydrogens is 432 g/mol. The molecule has 0 bridgehead atoms. The number of nitrogens with one attached hydrogen (secondary N) is 2. The van der Waals surface area contributed by atoms with E-state index in [0.717, 1.165) is 44.7 Å². The van der Waals surface area contributed by atoms with E-state index in [2.05, 4.69) is 46.4 Å². The summed E-state index contributed by atoms with van der Waals surface area (Å²) < 4.78 is 0. The molecule has 0 radical (unpaired) electrons. The van der Waals surface area contributed by atoms with Gasteiger partial charge < -0.3 is 20.6 Å². The zero-order valence-corrected chi connectivity index (χ0v) is 19.3. The molecule has 4 rings (SSSR count). The summed E-state index contributed by atoms with van der Waals surface area (Å²) in [6.07, 6.45) is 12.9. The van der Waals surface area contributed by atoms with Crippen molar-refractivity contribution in [1.29, 1.82) is 0 Å². The number of allylic oxidation sites excluding steroid dienone is 5. The average molecular weight is 463 g/mol. The van der Waals surface area contributed by atoms with E-state index in [-0.39, 0.29) is 12.5 Å². The van der Waals surface area contributed by atoms with Crippen molar-refractivity contribution < 1.29 is 9.90 Å². The van der Waals surface area contributed by atoms with Crippen LogP contribution in [0.5, 0.6) is 0 Å². The van der Waals surface area contributed by atoms with Crippen molar-refractivity contribution in [2.24, 2.45) is 0 Å². The Morgan fingerprint density at radius 3 is 2.71 bits per heavy atom. The number of hydrogen-bond acceptors (Lipinski definition) is 9. The summed E-state index contributed by atoms with van der Waals surface area (Å²) in [4.78, 5) is 34.8. The van der Waals surface area contributed by atoms with Crippen LogP contribution in [0, 0.1) is 0 Å². The number of carbonyl (C=O) groups is 1. The highest BCUT2D eigenvalue weighted by atomic mass is 16.3. The largest absolute Gasteiger partial charge is 0.395 e. The van der Waals surface area contributed by atoms with Gasteiger partial charge in [-0.25, -0.2) is 4.98 Å². The van der Waals surface area contributed by atoms with Crippen LogP contribution in [-0.2, 0) is 0 Å². The Balaban J connectivity index is 1.44. The molecule has 0 aromatic carbocycles. The predicted molar refractivity (Wildman–Crippen MR) is 132 cm³/mol. The highest BCUT2D eigenvalue weighted by molar-refractivity contribution is 5.95. The van der Waals surface area contributed by atoms with Crippen LogP contribution < -0.4 is 15.5 Å². The number of pyridine rings is 1. The summed E-state index contributed by atoms with van der Waals surface area (Å²) in [5.41, 5.74) is 1.38. The summed E-state index contributed by atoms with van der Waals surface area (Å²) in [7, 11) is 0. The Hall–Kier alpha value is -3.63. The lowest BCUT2D eigenvalue weighted by Crippen LogP contribution is -2.47. The van der Waals surface area contributed by atoms with Gasteiger partial charge in [0.15, 0.2) is 5.82 Å². The van der Waals surface area contributed by atoms with Crippen molar-refractivity contribution in [1.82, 2.24) is 30.2 Å². The Labute approximate surface area is 199 Å². The molecule has 0 unspecified atom stereocenters. The first-order valence-corrected chi connectivity index (χ1v) is 11.5. The monoisotopic (exact) mass is 462 g/mol. The van der Waals surface area contributed by atoms with E-state index in [9.17, 15) is 4.79 Å². The smallest absolute Gasteiger partial charge is 0.256 e. The lowest BCUT2D eigenvalue weighted by molar-refractivity contribution is 0.0964. The summed E-state index contributed by atoms with van der Waals surface area (Å²) >= 11 is 0. The molecule has 1 aliphatic carbocycles. The zero-order chi connectivity index (χ0) is 23.8. The number of amides is 1. The molecule has 3 N–H and O–H groups in total. The molecule has 3 heterocycles. The standard InChI is InChI=1S/C24H30N8O2/c1-2-6-21-28-23(30-24(29-21)32-13-11-31(12-14-32)15-16-33)27-20-10-9-18(17-25-20)22(34)26-19-7-4-3-5-8-19/h2-4,6-7,9-10,17,33H,5,8,11-16H2,1H3,(H,26,34)(H,25,27,28,29,30). The third kappa shape index (κ3) is 6.24. The Kier molecular flexibility index (Phi) is 7.95. The Morgan fingerprint density at radius 1 is 1.18 bits per heavy atom. The van der Waals surface area contributed by atoms with E-state index in [1.54, 1.807) is 12.1 Å². The fraction of sp³-hybridized carbons (Fsp3) is 0.375. The van der Waals surface area contributed by atoms with Crippen LogP contribution in [0.1, 0.15) is 35.9 Å². The number of nitrogens with zero attached hydrogens (tertiary/aromatic N) is 6. The van der Waals surface area contributed by atoms with Gasteiger partial charge >= 0.3 is 0 Å². The minimum atomic E-state index is -0.182. The fourth-order valence-electron chi connectivity index (χ4n) is 3.76. The van der Waals surface area contributed by atoms with E-state index >= 15 is 0 Å². The molecule has 2 aromatic rings. The highest BCUT2D eigenvalue weighted by Crippen LogP contribution is 2.18. The second kappa shape index (κ2) is 11.5. The normalized spacial score (nSPS) is 16.5. The number of piperazine rings is 1. The molecule has 2 aliphatic rings. The Bertz CT molecular complexity index is 1070. The molecule has 1 saturated heterocycles. The molecule has 1 fully saturated rings. The maximum Gasteiger partial charge on any atom is 0.256 e. The van der Waals surface area contributed by atoms with Crippen molar-refractivity contribution in [3.8, 4) is 0 Å². The molecule has 178 valence electrons. The number of aliphatic hydroxyl groups is 1. The summed E-state index contributed by atoms with van der Waals surface area (Å²) in [5.74, 6) is 1.89. The second-order valence-electron chi connectivity index (χ2n) is 8.04. The van der Waals surface area contributed by atoms with Gasteiger partial charge in [0.05, 0.1) is 12.2 Å². The topological polar surface area (TPSA) is 119 Å². The van der Waals surface area contributed by atoms with E-state index in [4.69, 9.17) is 5.11 Å². The molecule has 10 nitrogen and oxygen atoms in total. The van der Waals surface area contributed by atoms with Crippen LogP contribution >= 0.6 is 0 Å². The number of aromatic nitrogens is 4. The summed E-state index contributed by atoms with van der Waals surface area (Å²) in [5, 5.41) is 15.2. The minimum absolute atomic E-state index is 0.161. The van der Waals surface area contributed by atoms with Crippen LogP contribution in [0.4, 0.5) is 17.7 Å². The second-order valence-corrected chi connectivity index (χ2v) is 8.04. The van der Waals surface area contributed by atoms with Crippen LogP contribution in [0.2, 0.25) is 0 Å². The third-order valence-electron chi connectivity index (χ3n) is 5.58. The average Bonchev–Trinajstić information content (AvgIpc) is 2.86. The van der Waals surface area contributed by atoms with Crippen molar-refractivity contribution in [3.63, 3.8) is 0 Å². The number of anilines is 3. The van der Waals surface area contributed by atoms with Gasteiger partial charge in [0.25, 0.3) is 5.91 Å². The number of hydrogen-bond donors (Lipinski definition) is 3. The fourth-order valence-corrected chi connectivity index (χ4v) is 3.76. The first kappa shape index (κ1) is 23.5. The molecule has 1 aliphatic heterocycles. The molecule has 0 saturated carbocycles. The predicted octanol–water partition coefficient (Wildman–Crippen LogP) is 2.12. The lowest BCUT2D eigenvalue weighted by atomic mass is 10.1. The molecule has 34 heavy (non-hydrogen) atoms. The molecule has 10 heteroatoms. The first-order chi connectivity index (χ1) is 16.6. The maximum absolute atomic E-state index is 12.5. The van der Waals surface area contributed by atoms with E-state index in [1.807, 2.05) is 31.2 Å². The highest BCUT2D eigenvalue weighted by Gasteiger charge is 2.20. The third-order valence-corrected chi connectivity index (χ3v) is 5.58. The molecule has 2 aromatic heterocycles. The number of carbonyl (C=O) groups excluding carboxylic acids is 1. The summed E-state index contributed by atoms with van der Waals surface area (Å²) in [6.45, 7) is 5.97. The number of rotatable bonds is 8. The van der Waals surface area contributed by atoms with E-state index in [1.165, 1.54) is 6.20 Å². The molecule has 0 spiro atoms. The number of aliphatic hydroxyl groups excluding tert-OH is 1. The zero-order valence-electron chi connectivity index (χ0n) is 19.3. The van der Waals surface area contributed by atoms with Gasteiger partial charge in [-0.3, -0.25) is 9.69 Å². The number of β-amino-alcohol motifs (C(OH)–C–C–N with tert-alkyl or cyclic N) is 1.